The van der Waals surface area contributed by atoms with Crippen LogP contribution in [0.2, 0.25) is 5.02 Å². The van der Waals surface area contributed by atoms with Gasteiger partial charge in [0.1, 0.15) is 11.5 Å². The molecule has 1 aliphatic rings. The number of carbonyl (C=O) groups is 1. The van der Waals surface area contributed by atoms with Gasteiger partial charge in [0.25, 0.3) is 0 Å². The van der Waals surface area contributed by atoms with Gasteiger partial charge in [0.15, 0.2) is 0 Å². The number of piperazine rings is 1. The number of hydrogen-bond donors (Lipinski definition) is 1. The van der Waals surface area contributed by atoms with E-state index in [-0.39, 0.29) is 11.9 Å². The molecule has 1 aromatic carbocycles. The Morgan fingerprint density at radius 1 is 1.33 bits per heavy atom. The van der Waals surface area contributed by atoms with Crippen molar-refractivity contribution in [2.45, 2.75) is 26.4 Å². The maximum absolute atomic E-state index is 12.7. The highest BCUT2D eigenvalue weighted by Crippen LogP contribution is 2.31. The number of anilines is 1. The molecule has 7 heteroatoms. The minimum Gasteiger partial charge on any atom is -0.495 e. The topological polar surface area (TPSA) is 58.0 Å². The Balaban J connectivity index is 1.56. The zero-order valence-electron chi connectivity index (χ0n) is 16.0. The first-order chi connectivity index (χ1) is 13.0. The summed E-state index contributed by atoms with van der Waals surface area (Å²) in [7, 11) is 1.57. The van der Waals surface area contributed by atoms with E-state index in [4.69, 9.17) is 20.8 Å². The summed E-state index contributed by atoms with van der Waals surface area (Å²) in [6, 6.07) is 7.24. The van der Waals surface area contributed by atoms with Crippen molar-refractivity contribution in [3.8, 4) is 5.75 Å². The van der Waals surface area contributed by atoms with Gasteiger partial charge in [-0.05, 0) is 37.6 Å². The fraction of sp³-hybridized carbons (Fsp3) is 0.450. The maximum atomic E-state index is 12.7. The number of halogens is 1. The van der Waals surface area contributed by atoms with Crippen LogP contribution in [0, 0.1) is 6.92 Å². The first-order valence-corrected chi connectivity index (χ1v) is 9.49. The summed E-state index contributed by atoms with van der Waals surface area (Å²) in [5, 5.41) is 3.60. The lowest BCUT2D eigenvalue weighted by Gasteiger charge is -2.37. The molecule has 1 amide bonds. The second-order valence-electron chi connectivity index (χ2n) is 6.86. The van der Waals surface area contributed by atoms with Gasteiger partial charge in [-0.15, -0.1) is 0 Å². The Bertz CT molecular complexity index is 771. The lowest BCUT2D eigenvalue weighted by Crippen LogP contribution is -2.52. The van der Waals surface area contributed by atoms with Crippen molar-refractivity contribution in [2.75, 3.05) is 38.6 Å². The Labute approximate surface area is 165 Å². The second-order valence-corrected chi connectivity index (χ2v) is 7.27. The molecular formula is C20H26ClN3O3. The summed E-state index contributed by atoms with van der Waals surface area (Å²) < 4.78 is 10.8. The normalized spacial score (nSPS) is 16.9. The van der Waals surface area contributed by atoms with Gasteiger partial charge in [-0.2, -0.15) is 0 Å². The quantitative estimate of drug-likeness (QED) is 0.817. The van der Waals surface area contributed by atoms with Crippen LogP contribution in [0.3, 0.4) is 0 Å². The molecule has 2 aromatic rings. The molecule has 6 nitrogen and oxygen atoms in total. The van der Waals surface area contributed by atoms with Crippen LogP contribution in [0.4, 0.5) is 5.69 Å². The van der Waals surface area contributed by atoms with Crippen molar-refractivity contribution >= 4 is 23.2 Å². The summed E-state index contributed by atoms with van der Waals surface area (Å²) in [6.07, 6.45) is 1.70. The van der Waals surface area contributed by atoms with Gasteiger partial charge in [0.2, 0.25) is 5.91 Å². The number of carbonyl (C=O) groups excluding carboxylic acids is 1. The molecule has 0 aliphatic carbocycles. The summed E-state index contributed by atoms with van der Waals surface area (Å²) in [6.45, 7) is 8.14. The van der Waals surface area contributed by atoms with Crippen LogP contribution < -0.4 is 10.1 Å². The number of amides is 1. The highest BCUT2D eigenvalue weighted by Gasteiger charge is 2.26. The van der Waals surface area contributed by atoms with E-state index in [0.29, 0.717) is 16.5 Å². The summed E-state index contributed by atoms with van der Waals surface area (Å²) in [4.78, 5) is 17.3. The number of methoxy groups -OCH3 is 1. The van der Waals surface area contributed by atoms with Crippen molar-refractivity contribution in [1.82, 2.24) is 9.80 Å². The van der Waals surface area contributed by atoms with E-state index in [9.17, 15) is 4.79 Å². The summed E-state index contributed by atoms with van der Waals surface area (Å²) in [5.74, 6) is 1.49. The molecule has 2 heterocycles. The Morgan fingerprint density at radius 2 is 2.07 bits per heavy atom. The first-order valence-electron chi connectivity index (χ1n) is 9.11. The van der Waals surface area contributed by atoms with E-state index in [0.717, 1.165) is 44.0 Å². The van der Waals surface area contributed by atoms with Crippen molar-refractivity contribution in [1.29, 1.82) is 0 Å². The lowest BCUT2D eigenvalue weighted by atomic mass is 10.1. The molecule has 0 saturated carbocycles. The standard InChI is InChI=1S/C20H26ClN3O3/c1-14-11-18(19(26-3)12-17(14)21)22-20(25)15(2)24-8-6-23(7-9-24)13-16-5-4-10-27-16/h4-5,10-12,15H,6-9,13H2,1-3H3,(H,22,25). The fourth-order valence-electron chi connectivity index (χ4n) is 3.26. The predicted molar refractivity (Wildman–Crippen MR) is 106 cm³/mol. The summed E-state index contributed by atoms with van der Waals surface area (Å²) in [5.41, 5.74) is 1.54. The summed E-state index contributed by atoms with van der Waals surface area (Å²) >= 11 is 6.14. The molecule has 1 saturated heterocycles. The molecule has 1 aliphatic heterocycles. The number of rotatable bonds is 6. The predicted octanol–water partition coefficient (Wildman–Crippen LogP) is 3.39. The fourth-order valence-corrected chi connectivity index (χ4v) is 3.42. The van der Waals surface area contributed by atoms with Crippen LogP contribution in [0.25, 0.3) is 0 Å². The molecule has 1 atom stereocenters. The van der Waals surface area contributed by atoms with Crippen LogP contribution in [0.5, 0.6) is 5.75 Å². The number of benzene rings is 1. The molecule has 0 spiro atoms. The minimum absolute atomic E-state index is 0.0468. The third-order valence-corrected chi connectivity index (χ3v) is 5.44. The molecule has 0 bridgehead atoms. The number of nitrogens with one attached hydrogen (secondary N) is 1. The van der Waals surface area contributed by atoms with Crippen LogP contribution in [0.15, 0.2) is 34.9 Å². The average molecular weight is 392 g/mol. The average Bonchev–Trinajstić information content (AvgIpc) is 3.17. The Kier molecular flexibility index (Phi) is 6.42. The van der Waals surface area contributed by atoms with Crippen molar-refractivity contribution < 1.29 is 13.9 Å². The number of furan rings is 1. The number of hydrogen-bond acceptors (Lipinski definition) is 5. The molecule has 3 rings (SSSR count). The van der Waals surface area contributed by atoms with Gasteiger partial charge in [-0.1, -0.05) is 11.6 Å². The van der Waals surface area contributed by atoms with E-state index in [1.54, 1.807) is 19.4 Å². The van der Waals surface area contributed by atoms with E-state index in [1.165, 1.54) is 0 Å². The van der Waals surface area contributed by atoms with Crippen molar-refractivity contribution in [3.05, 3.63) is 46.9 Å². The lowest BCUT2D eigenvalue weighted by molar-refractivity contribution is -0.121. The zero-order valence-corrected chi connectivity index (χ0v) is 16.8. The van der Waals surface area contributed by atoms with Gasteiger partial charge >= 0.3 is 0 Å². The third-order valence-electron chi connectivity index (χ3n) is 5.03. The van der Waals surface area contributed by atoms with Gasteiger partial charge in [-0.25, -0.2) is 0 Å². The van der Waals surface area contributed by atoms with Gasteiger partial charge in [0, 0.05) is 37.3 Å². The molecular weight excluding hydrogens is 366 g/mol. The van der Waals surface area contributed by atoms with Gasteiger partial charge in [-0.3, -0.25) is 14.6 Å². The van der Waals surface area contributed by atoms with Gasteiger partial charge in [0.05, 0.1) is 31.6 Å². The van der Waals surface area contributed by atoms with Crippen LogP contribution in [-0.4, -0.2) is 55.0 Å². The van der Waals surface area contributed by atoms with Crippen molar-refractivity contribution in [2.24, 2.45) is 0 Å². The smallest absolute Gasteiger partial charge is 0.241 e. The maximum Gasteiger partial charge on any atom is 0.241 e. The SMILES string of the molecule is COc1cc(Cl)c(C)cc1NC(=O)C(C)N1CCN(Cc2ccco2)CC1. The monoisotopic (exact) mass is 391 g/mol. The molecule has 1 unspecified atom stereocenters. The first kappa shape index (κ1) is 19.7. The third kappa shape index (κ3) is 4.83. The zero-order chi connectivity index (χ0) is 19.4. The van der Waals surface area contributed by atoms with Crippen molar-refractivity contribution in [3.63, 3.8) is 0 Å². The number of nitrogens with zero attached hydrogens (tertiary/aromatic N) is 2. The number of ether oxygens (including phenoxy) is 1. The van der Waals surface area contributed by atoms with E-state index in [2.05, 4.69) is 15.1 Å². The van der Waals surface area contributed by atoms with Crippen LogP contribution in [-0.2, 0) is 11.3 Å². The number of aryl methyl sites for hydroxylation is 1. The Hall–Kier alpha value is -2.02. The van der Waals surface area contributed by atoms with Gasteiger partial charge < -0.3 is 14.5 Å². The highest BCUT2D eigenvalue weighted by molar-refractivity contribution is 6.31. The molecule has 1 aromatic heterocycles. The second kappa shape index (κ2) is 8.78. The molecule has 0 radical (unpaired) electrons. The highest BCUT2D eigenvalue weighted by atomic mass is 35.5. The molecule has 1 fully saturated rings. The van der Waals surface area contributed by atoms with E-state index >= 15 is 0 Å². The Morgan fingerprint density at radius 3 is 2.70 bits per heavy atom. The molecule has 146 valence electrons. The van der Waals surface area contributed by atoms with E-state index in [1.807, 2.05) is 32.0 Å². The molecule has 1 N–H and O–H groups in total. The van der Waals surface area contributed by atoms with Crippen LogP contribution in [0.1, 0.15) is 18.2 Å². The minimum atomic E-state index is -0.226. The van der Waals surface area contributed by atoms with E-state index < -0.39 is 0 Å². The van der Waals surface area contributed by atoms with Crippen LogP contribution >= 0.6 is 11.6 Å². The largest absolute Gasteiger partial charge is 0.495 e. The molecule has 27 heavy (non-hydrogen) atoms.